The number of rotatable bonds is 2. The van der Waals surface area contributed by atoms with Crippen molar-refractivity contribution in [1.29, 1.82) is 0 Å². The van der Waals surface area contributed by atoms with Crippen LogP contribution < -0.4 is 5.32 Å². The number of carbonyl (C=O) groups excluding carboxylic acids is 2. The molecule has 1 fully saturated rings. The highest BCUT2D eigenvalue weighted by Crippen LogP contribution is 2.18. The lowest BCUT2D eigenvalue weighted by atomic mass is 9.94. The molecule has 22 heavy (non-hydrogen) atoms. The van der Waals surface area contributed by atoms with Crippen LogP contribution in [0.3, 0.4) is 0 Å². The summed E-state index contributed by atoms with van der Waals surface area (Å²) in [4.78, 5) is 26.5. The van der Waals surface area contributed by atoms with Gasteiger partial charge in [-0.15, -0.1) is 0 Å². The maximum atomic E-state index is 12.5. The number of benzene rings is 1. The van der Waals surface area contributed by atoms with E-state index in [1.54, 1.807) is 0 Å². The molecule has 1 heterocycles. The maximum Gasteiger partial charge on any atom is 0.254 e. The second-order valence-electron chi connectivity index (χ2n) is 7.10. The SMILES string of the molecule is Cc1ccccc1C(=O)N1CCC(NC(=O)C(C)(C)C)CC1. The Morgan fingerprint density at radius 3 is 2.27 bits per heavy atom. The van der Waals surface area contributed by atoms with Gasteiger partial charge in [-0.1, -0.05) is 39.0 Å². The molecule has 2 amide bonds. The summed E-state index contributed by atoms with van der Waals surface area (Å²) in [5.41, 5.74) is 1.42. The van der Waals surface area contributed by atoms with Gasteiger partial charge < -0.3 is 10.2 Å². The van der Waals surface area contributed by atoms with Crippen molar-refractivity contribution >= 4 is 11.8 Å². The van der Waals surface area contributed by atoms with E-state index in [4.69, 9.17) is 0 Å². The standard InChI is InChI=1S/C18H26N2O2/c1-13-7-5-6-8-15(13)16(21)20-11-9-14(10-12-20)19-17(22)18(2,3)4/h5-8,14H,9-12H2,1-4H3,(H,19,22). The lowest BCUT2D eigenvalue weighted by Crippen LogP contribution is -2.49. The fourth-order valence-electron chi connectivity index (χ4n) is 2.61. The first-order valence-electron chi connectivity index (χ1n) is 7.95. The molecular weight excluding hydrogens is 276 g/mol. The summed E-state index contributed by atoms with van der Waals surface area (Å²) in [5, 5.41) is 3.09. The average molecular weight is 302 g/mol. The third-order valence-electron chi connectivity index (χ3n) is 4.17. The van der Waals surface area contributed by atoms with Gasteiger partial charge in [0.05, 0.1) is 0 Å². The number of nitrogens with one attached hydrogen (secondary N) is 1. The zero-order valence-corrected chi connectivity index (χ0v) is 14.0. The van der Waals surface area contributed by atoms with Gasteiger partial charge in [-0.05, 0) is 31.4 Å². The average Bonchev–Trinajstić information content (AvgIpc) is 2.47. The van der Waals surface area contributed by atoms with E-state index in [2.05, 4.69) is 5.32 Å². The van der Waals surface area contributed by atoms with Crippen LogP contribution in [-0.2, 0) is 4.79 Å². The molecular formula is C18H26N2O2. The number of carbonyl (C=O) groups is 2. The van der Waals surface area contributed by atoms with Gasteiger partial charge in [0, 0.05) is 30.1 Å². The molecule has 0 saturated carbocycles. The Morgan fingerprint density at radius 2 is 1.73 bits per heavy atom. The Bertz CT molecular complexity index is 552. The molecule has 1 aliphatic heterocycles. The summed E-state index contributed by atoms with van der Waals surface area (Å²) in [6.07, 6.45) is 1.64. The van der Waals surface area contributed by atoms with Gasteiger partial charge in [0.15, 0.2) is 0 Å². The summed E-state index contributed by atoms with van der Waals surface area (Å²) in [6.45, 7) is 9.10. The Morgan fingerprint density at radius 1 is 1.14 bits per heavy atom. The molecule has 4 nitrogen and oxygen atoms in total. The minimum Gasteiger partial charge on any atom is -0.353 e. The van der Waals surface area contributed by atoms with E-state index in [0.29, 0.717) is 13.1 Å². The zero-order valence-electron chi connectivity index (χ0n) is 14.0. The van der Waals surface area contributed by atoms with Gasteiger partial charge >= 0.3 is 0 Å². The van der Waals surface area contributed by atoms with Crippen LogP contribution in [0.15, 0.2) is 24.3 Å². The monoisotopic (exact) mass is 302 g/mol. The zero-order chi connectivity index (χ0) is 16.3. The molecule has 0 spiro atoms. The van der Waals surface area contributed by atoms with E-state index in [-0.39, 0.29) is 23.3 Å². The number of likely N-dealkylation sites (tertiary alicyclic amines) is 1. The highest BCUT2D eigenvalue weighted by Gasteiger charge is 2.28. The molecule has 0 atom stereocenters. The first kappa shape index (κ1) is 16.5. The van der Waals surface area contributed by atoms with Crippen molar-refractivity contribution in [1.82, 2.24) is 10.2 Å². The van der Waals surface area contributed by atoms with Gasteiger partial charge in [-0.25, -0.2) is 0 Å². The smallest absolute Gasteiger partial charge is 0.254 e. The van der Waals surface area contributed by atoms with E-state index in [9.17, 15) is 9.59 Å². The topological polar surface area (TPSA) is 49.4 Å². The number of hydrogen-bond acceptors (Lipinski definition) is 2. The summed E-state index contributed by atoms with van der Waals surface area (Å²) in [5.74, 6) is 0.176. The lowest BCUT2D eigenvalue weighted by Gasteiger charge is -2.34. The molecule has 1 aromatic carbocycles. The molecule has 0 radical (unpaired) electrons. The Balaban J connectivity index is 1.91. The van der Waals surface area contributed by atoms with Crippen molar-refractivity contribution in [3.63, 3.8) is 0 Å². The number of aryl methyl sites for hydroxylation is 1. The summed E-state index contributed by atoms with van der Waals surface area (Å²) in [7, 11) is 0. The minimum atomic E-state index is -0.367. The number of piperidine rings is 1. The van der Waals surface area contributed by atoms with Crippen LogP contribution in [0.1, 0.15) is 49.5 Å². The fraction of sp³-hybridized carbons (Fsp3) is 0.556. The first-order chi connectivity index (χ1) is 10.3. The van der Waals surface area contributed by atoms with Gasteiger partial charge in [0.2, 0.25) is 5.91 Å². The van der Waals surface area contributed by atoms with E-state index < -0.39 is 0 Å². The normalized spacial score (nSPS) is 16.5. The number of hydrogen-bond donors (Lipinski definition) is 1. The van der Waals surface area contributed by atoms with Crippen molar-refractivity contribution in [2.45, 2.75) is 46.6 Å². The molecule has 1 aliphatic rings. The van der Waals surface area contributed by atoms with Crippen molar-refractivity contribution in [2.75, 3.05) is 13.1 Å². The predicted molar refractivity (Wildman–Crippen MR) is 87.7 cm³/mol. The Labute approximate surface area is 132 Å². The van der Waals surface area contributed by atoms with Crippen LogP contribution in [0.25, 0.3) is 0 Å². The Kier molecular flexibility index (Phi) is 4.89. The Hall–Kier alpha value is -1.84. The molecule has 1 N–H and O–H groups in total. The van der Waals surface area contributed by atoms with Crippen LogP contribution >= 0.6 is 0 Å². The van der Waals surface area contributed by atoms with E-state index in [1.165, 1.54) is 0 Å². The van der Waals surface area contributed by atoms with Crippen molar-refractivity contribution in [3.05, 3.63) is 35.4 Å². The summed E-state index contributed by atoms with van der Waals surface area (Å²) in [6, 6.07) is 7.86. The van der Waals surface area contributed by atoms with Gasteiger partial charge in [-0.2, -0.15) is 0 Å². The van der Waals surface area contributed by atoms with Crippen molar-refractivity contribution < 1.29 is 9.59 Å². The molecule has 1 saturated heterocycles. The molecule has 4 heteroatoms. The highest BCUT2D eigenvalue weighted by molar-refractivity contribution is 5.95. The molecule has 0 bridgehead atoms. The van der Waals surface area contributed by atoms with Crippen LogP contribution in [0.4, 0.5) is 0 Å². The van der Waals surface area contributed by atoms with Crippen molar-refractivity contribution in [3.8, 4) is 0 Å². The van der Waals surface area contributed by atoms with Gasteiger partial charge in [-0.3, -0.25) is 9.59 Å². The molecule has 0 aliphatic carbocycles. The predicted octanol–water partition coefficient (Wildman–Crippen LogP) is 2.76. The van der Waals surface area contributed by atoms with E-state index in [1.807, 2.05) is 56.9 Å². The quantitative estimate of drug-likeness (QED) is 0.913. The van der Waals surface area contributed by atoms with E-state index >= 15 is 0 Å². The largest absolute Gasteiger partial charge is 0.353 e. The van der Waals surface area contributed by atoms with E-state index in [0.717, 1.165) is 24.0 Å². The van der Waals surface area contributed by atoms with Crippen LogP contribution in [0.5, 0.6) is 0 Å². The lowest BCUT2D eigenvalue weighted by molar-refractivity contribution is -0.129. The van der Waals surface area contributed by atoms with Gasteiger partial charge in [0.1, 0.15) is 0 Å². The fourth-order valence-corrected chi connectivity index (χ4v) is 2.61. The second kappa shape index (κ2) is 6.51. The summed E-state index contributed by atoms with van der Waals surface area (Å²) < 4.78 is 0. The summed E-state index contributed by atoms with van der Waals surface area (Å²) >= 11 is 0. The van der Waals surface area contributed by atoms with Crippen LogP contribution in [0.2, 0.25) is 0 Å². The number of nitrogens with zero attached hydrogens (tertiary/aromatic N) is 1. The highest BCUT2D eigenvalue weighted by atomic mass is 16.2. The first-order valence-corrected chi connectivity index (χ1v) is 7.95. The van der Waals surface area contributed by atoms with Crippen molar-refractivity contribution in [2.24, 2.45) is 5.41 Å². The van der Waals surface area contributed by atoms with Gasteiger partial charge in [0.25, 0.3) is 5.91 Å². The minimum absolute atomic E-state index is 0.0798. The second-order valence-corrected chi connectivity index (χ2v) is 7.10. The molecule has 120 valence electrons. The number of amides is 2. The maximum absolute atomic E-state index is 12.5. The molecule has 1 aromatic rings. The third-order valence-corrected chi connectivity index (χ3v) is 4.17. The molecule has 0 aromatic heterocycles. The molecule has 2 rings (SSSR count). The third kappa shape index (κ3) is 3.87. The molecule has 0 unspecified atom stereocenters. The van der Waals surface area contributed by atoms with Crippen LogP contribution in [0, 0.1) is 12.3 Å². The van der Waals surface area contributed by atoms with Crippen LogP contribution in [-0.4, -0.2) is 35.8 Å².